The summed E-state index contributed by atoms with van der Waals surface area (Å²) in [4.78, 5) is 7.39. The van der Waals surface area contributed by atoms with Crippen LogP contribution in [0.15, 0.2) is 91.3 Å². The lowest BCUT2D eigenvalue weighted by Gasteiger charge is -2.46. The molecule has 0 saturated carbocycles. The third kappa shape index (κ3) is 4.09. The summed E-state index contributed by atoms with van der Waals surface area (Å²) in [6.45, 7) is 3.94. The first-order chi connectivity index (χ1) is 16.7. The van der Waals surface area contributed by atoms with Gasteiger partial charge in [-0.3, -0.25) is 0 Å². The zero-order valence-corrected chi connectivity index (χ0v) is 20.2. The van der Waals surface area contributed by atoms with Crippen molar-refractivity contribution in [2.75, 3.05) is 18.1 Å². The summed E-state index contributed by atoms with van der Waals surface area (Å²) in [5.74, 6) is 2.02. The van der Waals surface area contributed by atoms with E-state index in [0.29, 0.717) is 0 Å². The first kappa shape index (κ1) is 22.3. The van der Waals surface area contributed by atoms with Crippen molar-refractivity contribution in [2.45, 2.75) is 38.1 Å². The molecule has 1 aliphatic rings. The molecule has 0 fully saturated rings. The molecule has 4 nitrogen and oxygen atoms in total. The highest BCUT2D eigenvalue weighted by atomic mass is 16.5. The van der Waals surface area contributed by atoms with Crippen molar-refractivity contribution in [3.05, 3.63) is 114 Å². The Morgan fingerprint density at radius 2 is 1.68 bits per heavy atom. The van der Waals surface area contributed by atoms with Gasteiger partial charge in [-0.25, -0.2) is 4.98 Å². The number of aryl methyl sites for hydroxylation is 1. The van der Waals surface area contributed by atoms with Crippen LogP contribution in [0.1, 0.15) is 42.0 Å². The number of nitrogens with zero attached hydrogens (tertiary/aromatic N) is 3. The van der Waals surface area contributed by atoms with E-state index >= 15 is 0 Å². The SMILES string of the molecule is CCCCN(c1nccn1C)C(Cc1ccc2c(c1)CCO2)(c1ccccc1)c1ccccc1. The van der Waals surface area contributed by atoms with Gasteiger partial charge in [0.25, 0.3) is 0 Å². The third-order valence-corrected chi connectivity index (χ3v) is 6.95. The molecule has 0 aliphatic carbocycles. The van der Waals surface area contributed by atoms with E-state index in [4.69, 9.17) is 9.72 Å². The van der Waals surface area contributed by atoms with Gasteiger partial charge in [-0.2, -0.15) is 0 Å². The maximum Gasteiger partial charge on any atom is 0.206 e. The number of aromatic nitrogens is 2. The fraction of sp³-hybridized carbons (Fsp3) is 0.300. The van der Waals surface area contributed by atoms with Gasteiger partial charge in [0.2, 0.25) is 5.95 Å². The molecular formula is C30H33N3O. The van der Waals surface area contributed by atoms with Crippen LogP contribution in [0.5, 0.6) is 5.75 Å². The number of imidazole rings is 1. The number of hydrogen-bond acceptors (Lipinski definition) is 3. The molecule has 0 radical (unpaired) electrons. The summed E-state index contributed by atoms with van der Waals surface area (Å²) in [6.07, 6.45) is 7.98. The summed E-state index contributed by atoms with van der Waals surface area (Å²) in [5, 5.41) is 0. The minimum absolute atomic E-state index is 0.412. The second kappa shape index (κ2) is 9.76. The highest BCUT2D eigenvalue weighted by molar-refractivity contribution is 5.53. The Morgan fingerprint density at radius 1 is 0.971 bits per heavy atom. The largest absolute Gasteiger partial charge is 0.493 e. The molecule has 4 aromatic rings. The minimum Gasteiger partial charge on any atom is -0.493 e. The van der Waals surface area contributed by atoms with Gasteiger partial charge in [0.1, 0.15) is 5.75 Å². The molecule has 5 rings (SSSR count). The Morgan fingerprint density at radius 3 is 2.29 bits per heavy atom. The van der Waals surface area contributed by atoms with Crippen LogP contribution in [-0.2, 0) is 25.4 Å². The molecule has 1 aliphatic heterocycles. The quantitative estimate of drug-likeness (QED) is 0.306. The first-order valence-electron chi connectivity index (χ1n) is 12.3. The Kier molecular flexibility index (Phi) is 6.39. The van der Waals surface area contributed by atoms with Crippen LogP contribution >= 0.6 is 0 Å². The van der Waals surface area contributed by atoms with Gasteiger partial charge in [0.05, 0.1) is 12.1 Å². The Labute approximate surface area is 202 Å². The lowest BCUT2D eigenvalue weighted by atomic mass is 9.76. The van der Waals surface area contributed by atoms with E-state index in [2.05, 4.69) is 102 Å². The molecule has 0 atom stereocenters. The van der Waals surface area contributed by atoms with Crippen molar-refractivity contribution in [1.82, 2.24) is 9.55 Å². The van der Waals surface area contributed by atoms with Gasteiger partial charge in [0.15, 0.2) is 0 Å². The van der Waals surface area contributed by atoms with E-state index < -0.39 is 5.54 Å². The van der Waals surface area contributed by atoms with Gasteiger partial charge >= 0.3 is 0 Å². The average Bonchev–Trinajstić information content (AvgIpc) is 3.53. The van der Waals surface area contributed by atoms with E-state index in [0.717, 1.165) is 50.5 Å². The van der Waals surface area contributed by atoms with Crippen molar-refractivity contribution in [3.63, 3.8) is 0 Å². The molecule has 0 spiro atoms. The van der Waals surface area contributed by atoms with E-state index in [1.807, 2.05) is 12.4 Å². The zero-order valence-electron chi connectivity index (χ0n) is 20.2. The molecule has 0 saturated heterocycles. The van der Waals surface area contributed by atoms with Crippen LogP contribution in [0.3, 0.4) is 0 Å². The predicted octanol–water partition coefficient (Wildman–Crippen LogP) is 6.15. The molecular weight excluding hydrogens is 418 g/mol. The standard InChI is InChI=1S/C30H33N3O/c1-3-4-19-33(29-31-18-20-32(29)2)30(26-11-7-5-8-12-26,27-13-9-6-10-14-27)23-24-15-16-28-25(22-24)17-21-34-28/h5-16,18,20,22H,3-4,17,19,21,23H2,1-2H3. The first-order valence-corrected chi connectivity index (χ1v) is 12.3. The van der Waals surface area contributed by atoms with Crippen LogP contribution in [0.25, 0.3) is 0 Å². The summed E-state index contributed by atoms with van der Waals surface area (Å²) in [7, 11) is 2.09. The summed E-state index contributed by atoms with van der Waals surface area (Å²) in [5.41, 5.74) is 4.76. The van der Waals surface area contributed by atoms with Gasteiger partial charge in [0, 0.05) is 38.8 Å². The normalized spacial score (nSPS) is 12.9. The number of anilines is 1. The van der Waals surface area contributed by atoms with Gasteiger partial charge in [-0.1, -0.05) is 86.1 Å². The third-order valence-electron chi connectivity index (χ3n) is 6.95. The molecule has 0 unspecified atom stereocenters. The molecule has 4 heteroatoms. The Balaban J connectivity index is 1.75. The molecule has 0 bridgehead atoms. The Bertz CT molecular complexity index is 1180. The summed E-state index contributed by atoms with van der Waals surface area (Å²) >= 11 is 0. The molecule has 0 N–H and O–H groups in total. The lowest BCUT2D eigenvalue weighted by Crippen LogP contribution is -2.50. The molecule has 34 heavy (non-hydrogen) atoms. The van der Waals surface area contributed by atoms with E-state index in [9.17, 15) is 0 Å². The summed E-state index contributed by atoms with van der Waals surface area (Å²) < 4.78 is 7.95. The second-order valence-corrected chi connectivity index (χ2v) is 9.15. The lowest BCUT2D eigenvalue weighted by molar-refractivity contribution is 0.356. The van der Waals surface area contributed by atoms with Crippen molar-refractivity contribution in [2.24, 2.45) is 7.05 Å². The number of unbranched alkanes of at least 4 members (excludes halogenated alkanes) is 1. The number of ether oxygens (including phenoxy) is 1. The van der Waals surface area contributed by atoms with Crippen molar-refractivity contribution in [1.29, 1.82) is 0 Å². The maximum atomic E-state index is 5.80. The summed E-state index contributed by atoms with van der Waals surface area (Å²) in [6, 6.07) is 28.6. The van der Waals surface area contributed by atoms with Gasteiger partial charge in [-0.05, 0) is 34.7 Å². The molecule has 0 amide bonds. The second-order valence-electron chi connectivity index (χ2n) is 9.15. The number of rotatable bonds is 9. The molecule has 2 heterocycles. The van der Waals surface area contributed by atoms with Crippen LogP contribution in [0, 0.1) is 0 Å². The topological polar surface area (TPSA) is 30.3 Å². The van der Waals surface area contributed by atoms with Crippen molar-refractivity contribution >= 4 is 5.95 Å². The van der Waals surface area contributed by atoms with E-state index in [1.54, 1.807) is 0 Å². The molecule has 3 aromatic carbocycles. The van der Waals surface area contributed by atoms with Crippen LogP contribution < -0.4 is 9.64 Å². The molecule has 1 aromatic heterocycles. The van der Waals surface area contributed by atoms with Crippen molar-refractivity contribution in [3.8, 4) is 5.75 Å². The fourth-order valence-corrected chi connectivity index (χ4v) is 5.25. The number of fused-ring (bicyclic) bond motifs is 1. The maximum absolute atomic E-state index is 5.80. The Hall–Kier alpha value is -3.53. The number of hydrogen-bond donors (Lipinski definition) is 0. The van der Waals surface area contributed by atoms with Crippen molar-refractivity contribution < 1.29 is 4.74 Å². The predicted molar refractivity (Wildman–Crippen MR) is 138 cm³/mol. The van der Waals surface area contributed by atoms with Crippen LogP contribution in [-0.4, -0.2) is 22.7 Å². The van der Waals surface area contributed by atoms with Gasteiger partial charge < -0.3 is 14.2 Å². The fourth-order valence-electron chi connectivity index (χ4n) is 5.25. The van der Waals surface area contributed by atoms with E-state index in [1.165, 1.54) is 22.3 Å². The highest BCUT2D eigenvalue weighted by Crippen LogP contribution is 2.42. The monoisotopic (exact) mass is 451 g/mol. The van der Waals surface area contributed by atoms with Crippen LogP contribution in [0.2, 0.25) is 0 Å². The van der Waals surface area contributed by atoms with Gasteiger partial charge in [-0.15, -0.1) is 0 Å². The molecule has 174 valence electrons. The van der Waals surface area contributed by atoms with E-state index in [-0.39, 0.29) is 0 Å². The smallest absolute Gasteiger partial charge is 0.206 e. The van der Waals surface area contributed by atoms with Crippen LogP contribution in [0.4, 0.5) is 5.95 Å². The average molecular weight is 452 g/mol. The zero-order chi connectivity index (χ0) is 23.4. The minimum atomic E-state index is -0.412. The number of benzene rings is 3. The highest BCUT2D eigenvalue weighted by Gasteiger charge is 2.42.